The molecule has 1 amide bonds. The number of amides is 1. The van der Waals surface area contributed by atoms with Crippen LogP contribution < -0.4 is 15.9 Å². The van der Waals surface area contributed by atoms with Crippen LogP contribution in [0.4, 0.5) is 0 Å². The van der Waals surface area contributed by atoms with Crippen molar-refractivity contribution in [2.45, 2.75) is 33.2 Å². The van der Waals surface area contributed by atoms with Crippen LogP contribution in [0.5, 0.6) is 0 Å². The molecule has 0 aliphatic heterocycles. The second kappa shape index (κ2) is 7.33. The largest absolute Gasteiger partial charge is 0.350 e. The summed E-state index contributed by atoms with van der Waals surface area (Å²) in [7, 11) is 0. The molecule has 102 valence electrons. The molecule has 0 aliphatic rings. The molecule has 0 fully saturated rings. The second-order valence-electron chi connectivity index (χ2n) is 4.89. The van der Waals surface area contributed by atoms with Crippen molar-refractivity contribution in [2.24, 2.45) is 17.6 Å². The standard InChI is InChI=1S/C12H21N3O2S/c1-8(2)3-9(5-13)4-11(16)14-6-10-7-18-12(17)15-10/h7-9H,3-6,13H2,1-2H3,(H,14,16)(H,15,17). The van der Waals surface area contributed by atoms with E-state index in [1.165, 1.54) is 0 Å². The zero-order chi connectivity index (χ0) is 13.5. The highest BCUT2D eigenvalue weighted by Crippen LogP contribution is 2.14. The van der Waals surface area contributed by atoms with Crippen molar-refractivity contribution in [2.75, 3.05) is 6.54 Å². The molecule has 0 aromatic carbocycles. The van der Waals surface area contributed by atoms with Gasteiger partial charge in [0.1, 0.15) is 0 Å². The van der Waals surface area contributed by atoms with Crippen molar-refractivity contribution in [3.05, 3.63) is 20.7 Å². The summed E-state index contributed by atoms with van der Waals surface area (Å²) < 4.78 is 0. The summed E-state index contributed by atoms with van der Waals surface area (Å²) in [6.07, 6.45) is 1.41. The zero-order valence-electron chi connectivity index (χ0n) is 10.9. The Bertz CT molecular complexity index is 425. The number of carbonyl (C=O) groups excluding carboxylic acids is 1. The molecule has 1 atom stereocenters. The Balaban J connectivity index is 2.34. The molecule has 0 bridgehead atoms. The second-order valence-corrected chi connectivity index (χ2v) is 5.73. The van der Waals surface area contributed by atoms with E-state index in [0.29, 0.717) is 25.4 Å². The summed E-state index contributed by atoms with van der Waals surface area (Å²) in [5.74, 6) is 0.754. The summed E-state index contributed by atoms with van der Waals surface area (Å²) in [6.45, 7) is 5.14. The maximum Gasteiger partial charge on any atom is 0.304 e. The number of aromatic nitrogens is 1. The van der Waals surface area contributed by atoms with Gasteiger partial charge in [0.15, 0.2) is 0 Å². The molecule has 4 N–H and O–H groups in total. The van der Waals surface area contributed by atoms with E-state index in [-0.39, 0.29) is 16.7 Å². The molecule has 6 heteroatoms. The fourth-order valence-corrected chi connectivity index (χ4v) is 2.44. The summed E-state index contributed by atoms with van der Waals surface area (Å²) >= 11 is 1.10. The number of carbonyl (C=O) groups is 1. The molecule has 1 unspecified atom stereocenters. The number of aromatic amines is 1. The van der Waals surface area contributed by atoms with E-state index in [9.17, 15) is 9.59 Å². The Morgan fingerprint density at radius 1 is 1.56 bits per heavy atom. The van der Waals surface area contributed by atoms with Crippen LogP contribution >= 0.6 is 11.3 Å². The van der Waals surface area contributed by atoms with E-state index < -0.39 is 0 Å². The average molecular weight is 271 g/mol. The average Bonchev–Trinajstić information content (AvgIpc) is 2.71. The van der Waals surface area contributed by atoms with E-state index >= 15 is 0 Å². The predicted octanol–water partition coefficient (Wildman–Crippen LogP) is 1.06. The molecule has 0 radical (unpaired) electrons. The first-order chi connectivity index (χ1) is 8.51. The van der Waals surface area contributed by atoms with E-state index in [0.717, 1.165) is 23.5 Å². The van der Waals surface area contributed by atoms with Gasteiger partial charge in [0.05, 0.1) is 6.54 Å². The fraction of sp³-hybridized carbons (Fsp3) is 0.667. The number of nitrogens with one attached hydrogen (secondary N) is 2. The van der Waals surface area contributed by atoms with Gasteiger partial charge in [-0.1, -0.05) is 25.2 Å². The Labute approximate surface area is 111 Å². The van der Waals surface area contributed by atoms with Crippen LogP contribution in [0.1, 0.15) is 32.4 Å². The molecule has 0 spiro atoms. The lowest BCUT2D eigenvalue weighted by atomic mass is 9.94. The van der Waals surface area contributed by atoms with E-state index in [4.69, 9.17) is 5.73 Å². The molecular weight excluding hydrogens is 250 g/mol. The highest BCUT2D eigenvalue weighted by molar-refractivity contribution is 7.07. The van der Waals surface area contributed by atoms with Gasteiger partial charge in [-0.3, -0.25) is 9.59 Å². The molecule has 1 aromatic rings. The van der Waals surface area contributed by atoms with Crippen LogP contribution in [-0.2, 0) is 11.3 Å². The van der Waals surface area contributed by atoms with Crippen molar-refractivity contribution in [3.8, 4) is 0 Å². The number of thiazole rings is 1. The van der Waals surface area contributed by atoms with Crippen LogP contribution in [-0.4, -0.2) is 17.4 Å². The van der Waals surface area contributed by atoms with Gasteiger partial charge >= 0.3 is 4.87 Å². The highest BCUT2D eigenvalue weighted by atomic mass is 32.1. The summed E-state index contributed by atoms with van der Waals surface area (Å²) in [5, 5.41) is 4.51. The molecule has 0 saturated carbocycles. The molecular formula is C12H21N3O2S. The van der Waals surface area contributed by atoms with Gasteiger partial charge in [0.25, 0.3) is 0 Å². The topological polar surface area (TPSA) is 88.0 Å². The zero-order valence-corrected chi connectivity index (χ0v) is 11.7. The Kier molecular flexibility index (Phi) is 6.07. The first kappa shape index (κ1) is 14.9. The first-order valence-corrected chi connectivity index (χ1v) is 7.02. The van der Waals surface area contributed by atoms with Crippen LogP contribution in [0, 0.1) is 11.8 Å². The van der Waals surface area contributed by atoms with Crippen molar-refractivity contribution in [3.63, 3.8) is 0 Å². The molecule has 18 heavy (non-hydrogen) atoms. The third kappa shape index (κ3) is 5.46. The SMILES string of the molecule is CC(C)CC(CN)CC(=O)NCc1csc(=O)[nH]1. The molecule has 5 nitrogen and oxygen atoms in total. The van der Waals surface area contributed by atoms with Crippen LogP contribution in [0.2, 0.25) is 0 Å². The summed E-state index contributed by atoms with van der Waals surface area (Å²) in [4.78, 5) is 25.2. The minimum absolute atomic E-state index is 0.0156. The Morgan fingerprint density at radius 2 is 2.28 bits per heavy atom. The Morgan fingerprint density at radius 3 is 2.78 bits per heavy atom. The molecule has 1 heterocycles. The maximum absolute atomic E-state index is 11.7. The van der Waals surface area contributed by atoms with Gasteiger partial charge in [-0.2, -0.15) is 0 Å². The monoisotopic (exact) mass is 271 g/mol. The molecule has 0 aliphatic carbocycles. The van der Waals surface area contributed by atoms with E-state index in [1.807, 2.05) is 0 Å². The molecule has 0 saturated heterocycles. The van der Waals surface area contributed by atoms with E-state index in [1.54, 1.807) is 5.38 Å². The first-order valence-electron chi connectivity index (χ1n) is 6.14. The van der Waals surface area contributed by atoms with Crippen LogP contribution in [0.25, 0.3) is 0 Å². The van der Waals surface area contributed by atoms with Gasteiger partial charge in [-0.25, -0.2) is 0 Å². The normalized spacial score (nSPS) is 12.7. The summed E-state index contributed by atoms with van der Waals surface area (Å²) in [5.41, 5.74) is 6.40. The minimum Gasteiger partial charge on any atom is -0.350 e. The number of hydrogen-bond acceptors (Lipinski definition) is 4. The van der Waals surface area contributed by atoms with Gasteiger partial charge in [0.2, 0.25) is 5.91 Å². The van der Waals surface area contributed by atoms with Crippen LogP contribution in [0.3, 0.4) is 0 Å². The minimum atomic E-state index is -0.0982. The quantitative estimate of drug-likeness (QED) is 0.693. The number of H-pyrrole nitrogens is 1. The molecule has 1 aromatic heterocycles. The lowest BCUT2D eigenvalue weighted by molar-refractivity contribution is -0.122. The number of nitrogens with two attached hydrogens (primary N) is 1. The maximum atomic E-state index is 11.7. The van der Waals surface area contributed by atoms with Crippen molar-refractivity contribution >= 4 is 17.2 Å². The van der Waals surface area contributed by atoms with Gasteiger partial charge < -0.3 is 16.0 Å². The third-order valence-corrected chi connectivity index (χ3v) is 3.38. The third-order valence-electron chi connectivity index (χ3n) is 2.66. The van der Waals surface area contributed by atoms with Crippen molar-refractivity contribution in [1.29, 1.82) is 0 Å². The van der Waals surface area contributed by atoms with Gasteiger partial charge in [0, 0.05) is 17.5 Å². The van der Waals surface area contributed by atoms with Gasteiger partial charge in [-0.05, 0) is 24.8 Å². The smallest absolute Gasteiger partial charge is 0.304 e. The predicted molar refractivity (Wildman–Crippen MR) is 73.4 cm³/mol. The van der Waals surface area contributed by atoms with E-state index in [2.05, 4.69) is 24.1 Å². The van der Waals surface area contributed by atoms with Crippen molar-refractivity contribution < 1.29 is 4.79 Å². The van der Waals surface area contributed by atoms with Crippen molar-refractivity contribution in [1.82, 2.24) is 10.3 Å². The van der Waals surface area contributed by atoms with Crippen LogP contribution in [0.15, 0.2) is 10.2 Å². The molecule has 1 rings (SSSR count). The summed E-state index contributed by atoms with van der Waals surface area (Å²) in [6, 6.07) is 0. The lowest BCUT2D eigenvalue weighted by Crippen LogP contribution is -2.28. The van der Waals surface area contributed by atoms with Gasteiger partial charge in [-0.15, -0.1) is 0 Å². The Hall–Kier alpha value is -1.14. The number of hydrogen-bond donors (Lipinski definition) is 3. The lowest BCUT2D eigenvalue weighted by Gasteiger charge is -2.16. The number of rotatable bonds is 7. The highest BCUT2D eigenvalue weighted by Gasteiger charge is 2.13. The fourth-order valence-electron chi connectivity index (χ4n) is 1.86.